The number of anilines is 2. The summed E-state index contributed by atoms with van der Waals surface area (Å²) in [5.74, 6) is -0.408. The quantitative estimate of drug-likeness (QED) is 0.787. The van der Waals surface area contributed by atoms with E-state index in [1.54, 1.807) is 38.3 Å². The predicted octanol–water partition coefficient (Wildman–Crippen LogP) is 3.24. The zero-order valence-electron chi connectivity index (χ0n) is 16.3. The highest BCUT2D eigenvalue weighted by Crippen LogP contribution is 2.24. The summed E-state index contributed by atoms with van der Waals surface area (Å²) in [5, 5.41) is 2.79. The molecule has 2 aromatic carbocycles. The molecule has 1 N–H and O–H groups in total. The fourth-order valence-electron chi connectivity index (χ4n) is 3.04. The molecule has 7 heteroatoms. The molecule has 0 saturated carbocycles. The van der Waals surface area contributed by atoms with Crippen molar-refractivity contribution in [2.45, 2.75) is 33.4 Å². The van der Waals surface area contributed by atoms with Gasteiger partial charge in [0.25, 0.3) is 0 Å². The monoisotopic (exact) mass is 390 g/mol. The van der Waals surface area contributed by atoms with Crippen LogP contribution in [-0.2, 0) is 26.2 Å². The number of sulfonamides is 1. The van der Waals surface area contributed by atoms with E-state index in [1.807, 2.05) is 32.0 Å². The molecule has 6 nitrogen and oxygen atoms in total. The van der Waals surface area contributed by atoms with Crippen LogP contribution in [-0.4, -0.2) is 33.7 Å². The lowest BCUT2D eigenvalue weighted by Crippen LogP contribution is -2.45. The van der Waals surface area contributed by atoms with Crippen LogP contribution in [0.2, 0.25) is 0 Å². The highest BCUT2D eigenvalue weighted by molar-refractivity contribution is 7.92. The molecule has 2 aromatic rings. The minimum Gasteiger partial charge on any atom is -0.380 e. The summed E-state index contributed by atoms with van der Waals surface area (Å²) in [6, 6.07) is 11.8. The van der Waals surface area contributed by atoms with Crippen molar-refractivity contribution in [2.24, 2.45) is 0 Å². The van der Waals surface area contributed by atoms with Crippen LogP contribution < -0.4 is 9.62 Å². The second-order valence-corrected chi connectivity index (χ2v) is 8.56. The average molecular weight is 391 g/mol. The fraction of sp³-hybridized carbons (Fsp3) is 0.350. The first kappa shape index (κ1) is 20.9. The third-order valence-electron chi connectivity index (χ3n) is 4.05. The third kappa shape index (κ3) is 5.55. The molecule has 1 amide bonds. The van der Waals surface area contributed by atoms with Crippen LogP contribution in [0.25, 0.3) is 0 Å². The van der Waals surface area contributed by atoms with Crippen LogP contribution in [0, 0.1) is 13.8 Å². The van der Waals surface area contributed by atoms with Crippen molar-refractivity contribution < 1.29 is 17.9 Å². The Kier molecular flexibility index (Phi) is 6.62. The van der Waals surface area contributed by atoms with Gasteiger partial charge >= 0.3 is 0 Å². The molecule has 0 aromatic heterocycles. The molecule has 146 valence electrons. The van der Waals surface area contributed by atoms with Crippen molar-refractivity contribution in [3.63, 3.8) is 0 Å². The van der Waals surface area contributed by atoms with Crippen molar-refractivity contribution in [2.75, 3.05) is 23.0 Å². The minimum absolute atomic E-state index is 0.408. The molecule has 0 radical (unpaired) electrons. The van der Waals surface area contributed by atoms with Gasteiger partial charge in [0.1, 0.15) is 6.04 Å². The highest BCUT2D eigenvalue weighted by atomic mass is 32.2. The second kappa shape index (κ2) is 8.54. The van der Waals surface area contributed by atoms with Crippen molar-refractivity contribution in [3.05, 3.63) is 59.2 Å². The SMILES string of the molecule is COCc1cccc(NC(=O)[C@H](C)N(c2cc(C)cc(C)c2)S(C)(=O)=O)c1. The number of amides is 1. The summed E-state index contributed by atoms with van der Waals surface area (Å²) in [7, 11) is -2.05. The van der Waals surface area contributed by atoms with Crippen molar-refractivity contribution >= 4 is 27.3 Å². The van der Waals surface area contributed by atoms with Gasteiger partial charge in [0.2, 0.25) is 15.9 Å². The number of ether oxygens (including phenoxy) is 1. The van der Waals surface area contributed by atoms with Crippen LogP contribution >= 0.6 is 0 Å². The molecule has 0 heterocycles. The number of aryl methyl sites for hydroxylation is 2. The molecular formula is C20H26N2O4S. The summed E-state index contributed by atoms with van der Waals surface area (Å²) in [4.78, 5) is 12.8. The molecule has 27 heavy (non-hydrogen) atoms. The zero-order valence-corrected chi connectivity index (χ0v) is 17.1. The summed E-state index contributed by atoms with van der Waals surface area (Å²) >= 11 is 0. The van der Waals surface area contributed by atoms with Crippen molar-refractivity contribution in [3.8, 4) is 0 Å². The molecule has 0 aliphatic heterocycles. The van der Waals surface area contributed by atoms with Gasteiger partial charge in [-0.15, -0.1) is 0 Å². The van der Waals surface area contributed by atoms with Crippen LogP contribution in [0.5, 0.6) is 0 Å². The van der Waals surface area contributed by atoms with Crippen LogP contribution in [0.4, 0.5) is 11.4 Å². The first-order valence-corrected chi connectivity index (χ1v) is 10.4. The van der Waals surface area contributed by atoms with Crippen LogP contribution in [0.1, 0.15) is 23.6 Å². The number of nitrogens with one attached hydrogen (secondary N) is 1. The lowest BCUT2D eigenvalue weighted by molar-refractivity contribution is -0.116. The van der Waals surface area contributed by atoms with E-state index < -0.39 is 22.0 Å². The third-order valence-corrected chi connectivity index (χ3v) is 5.30. The van der Waals surface area contributed by atoms with Gasteiger partial charge in [0, 0.05) is 12.8 Å². The number of methoxy groups -OCH3 is 1. The molecule has 2 rings (SSSR count). The predicted molar refractivity (Wildman–Crippen MR) is 108 cm³/mol. The number of carbonyl (C=O) groups excluding carboxylic acids is 1. The second-order valence-electron chi connectivity index (χ2n) is 6.70. The minimum atomic E-state index is -3.65. The number of rotatable bonds is 7. The van der Waals surface area contributed by atoms with Gasteiger partial charge in [0.05, 0.1) is 18.6 Å². The van der Waals surface area contributed by atoms with Gasteiger partial charge in [0.15, 0.2) is 0 Å². The fourth-order valence-corrected chi connectivity index (χ4v) is 4.20. The first-order valence-electron chi connectivity index (χ1n) is 8.58. The van der Waals surface area contributed by atoms with Gasteiger partial charge in [-0.2, -0.15) is 0 Å². The van der Waals surface area contributed by atoms with Gasteiger partial charge < -0.3 is 10.1 Å². The summed E-state index contributed by atoms with van der Waals surface area (Å²) in [6.07, 6.45) is 1.10. The Labute approximate surface area is 161 Å². The number of nitrogens with zero attached hydrogens (tertiary/aromatic N) is 1. The van der Waals surface area contributed by atoms with E-state index in [9.17, 15) is 13.2 Å². The molecule has 0 saturated heterocycles. The van der Waals surface area contributed by atoms with Gasteiger partial charge in [-0.1, -0.05) is 18.2 Å². The number of hydrogen-bond donors (Lipinski definition) is 1. The summed E-state index contributed by atoms with van der Waals surface area (Å²) in [5.41, 5.74) is 3.84. The van der Waals surface area contributed by atoms with Gasteiger partial charge in [-0.25, -0.2) is 8.42 Å². The Morgan fingerprint density at radius 1 is 1.15 bits per heavy atom. The summed E-state index contributed by atoms with van der Waals surface area (Å²) in [6.45, 7) is 5.79. The smallest absolute Gasteiger partial charge is 0.247 e. The zero-order chi connectivity index (χ0) is 20.2. The molecular weight excluding hydrogens is 364 g/mol. The molecule has 0 bridgehead atoms. The lowest BCUT2D eigenvalue weighted by Gasteiger charge is -2.29. The van der Waals surface area contributed by atoms with E-state index in [0.717, 1.165) is 27.3 Å². The number of benzene rings is 2. The molecule has 0 spiro atoms. The van der Waals surface area contributed by atoms with E-state index in [0.29, 0.717) is 18.0 Å². The maximum atomic E-state index is 12.8. The molecule has 0 aliphatic carbocycles. The summed E-state index contributed by atoms with van der Waals surface area (Å²) < 4.78 is 31.1. The Hall–Kier alpha value is -2.38. The number of carbonyl (C=O) groups is 1. The Morgan fingerprint density at radius 2 is 1.78 bits per heavy atom. The number of hydrogen-bond acceptors (Lipinski definition) is 4. The maximum absolute atomic E-state index is 12.8. The Morgan fingerprint density at radius 3 is 2.33 bits per heavy atom. The Bertz CT molecular complexity index is 905. The van der Waals surface area contributed by atoms with Gasteiger partial charge in [-0.3, -0.25) is 9.10 Å². The molecule has 0 fully saturated rings. The van der Waals surface area contributed by atoms with E-state index in [1.165, 1.54) is 0 Å². The van der Waals surface area contributed by atoms with E-state index in [4.69, 9.17) is 4.74 Å². The van der Waals surface area contributed by atoms with Crippen LogP contribution in [0.3, 0.4) is 0 Å². The molecule has 0 unspecified atom stereocenters. The average Bonchev–Trinajstić information content (AvgIpc) is 2.53. The topological polar surface area (TPSA) is 75.7 Å². The lowest BCUT2D eigenvalue weighted by atomic mass is 10.1. The maximum Gasteiger partial charge on any atom is 0.247 e. The largest absolute Gasteiger partial charge is 0.380 e. The van der Waals surface area contributed by atoms with E-state index >= 15 is 0 Å². The molecule has 1 atom stereocenters. The molecule has 0 aliphatic rings. The van der Waals surface area contributed by atoms with E-state index in [-0.39, 0.29) is 0 Å². The van der Waals surface area contributed by atoms with Crippen LogP contribution in [0.15, 0.2) is 42.5 Å². The van der Waals surface area contributed by atoms with Crippen molar-refractivity contribution in [1.29, 1.82) is 0 Å². The Balaban J connectivity index is 2.31. The van der Waals surface area contributed by atoms with Crippen molar-refractivity contribution in [1.82, 2.24) is 0 Å². The normalized spacial score (nSPS) is 12.5. The highest BCUT2D eigenvalue weighted by Gasteiger charge is 2.29. The van der Waals surface area contributed by atoms with E-state index in [2.05, 4.69) is 5.32 Å². The van der Waals surface area contributed by atoms with Gasteiger partial charge in [-0.05, 0) is 61.7 Å². The standard InChI is InChI=1S/C20H26N2O4S/c1-14-9-15(2)11-19(10-14)22(27(5,24)25)16(3)20(23)21-18-8-6-7-17(12-18)13-26-4/h6-12,16H,13H2,1-5H3,(H,21,23)/t16-/m0/s1. The first-order chi connectivity index (χ1) is 12.6.